The van der Waals surface area contributed by atoms with Gasteiger partial charge < -0.3 is 14.5 Å². The van der Waals surface area contributed by atoms with E-state index in [1.807, 2.05) is 4.90 Å². The zero-order valence-electron chi connectivity index (χ0n) is 15.5. The zero-order chi connectivity index (χ0) is 20.3. The quantitative estimate of drug-likeness (QED) is 0.770. The van der Waals surface area contributed by atoms with Crippen molar-refractivity contribution in [1.29, 1.82) is 0 Å². The van der Waals surface area contributed by atoms with Gasteiger partial charge in [-0.05, 0) is 18.2 Å². The molecule has 0 atom stereocenters. The summed E-state index contributed by atoms with van der Waals surface area (Å²) < 4.78 is 59.8. The summed E-state index contributed by atoms with van der Waals surface area (Å²) in [6.07, 6.45) is 1.37. The number of anilines is 3. The van der Waals surface area contributed by atoms with Crippen LogP contribution in [0.4, 0.5) is 26.2 Å². The van der Waals surface area contributed by atoms with Crippen molar-refractivity contribution in [3.05, 3.63) is 41.6 Å². The Morgan fingerprint density at radius 3 is 2.64 bits per heavy atom. The third-order valence-electron chi connectivity index (χ3n) is 4.09. The van der Waals surface area contributed by atoms with Crippen LogP contribution in [0.25, 0.3) is 0 Å². The molecule has 0 radical (unpaired) electrons. The topological polar surface area (TPSA) is 87.7 Å². The molecule has 0 amide bonds. The van der Waals surface area contributed by atoms with E-state index >= 15 is 0 Å². The third kappa shape index (κ3) is 4.84. The van der Waals surface area contributed by atoms with Gasteiger partial charge in [0, 0.05) is 32.7 Å². The van der Waals surface area contributed by atoms with Crippen LogP contribution in [0.2, 0.25) is 0 Å². The molecule has 1 saturated heterocycles. The van der Waals surface area contributed by atoms with E-state index in [4.69, 9.17) is 4.74 Å². The van der Waals surface area contributed by atoms with Crippen molar-refractivity contribution in [3.8, 4) is 0 Å². The van der Waals surface area contributed by atoms with Crippen LogP contribution < -0.4 is 14.5 Å². The van der Waals surface area contributed by atoms with Crippen LogP contribution >= 0.6 is 0 Å². The number of morpholine rings is 1. The number of halogens is 2. The SMILES string of the molecule is CN(C)c1nc(N2CCOCC2)ncc1NS(=O)(=O)Cc1cc(F)ccc1F. The first-order chi connectivity index (χ1) is 13.2. The molecule has 28 heavy (non-hydrogen) atoms. The van der Waals surface area contributed by atoms with Crippen LogP contribution in [0.3, 0.4) is 0 Å². The number of nitrogens with zero attached hydrogens (tertiary/aromatic N) is 4. The first-order valence-electron chi connectivity index (χ1n) is 8.56. The van der Waals surface area contributed by atoms with E-state index in [9.17, 15) is 17.2 Å². The van der Waals surface area contributed by atoms with Gasteiger partial charge in [0.05, 0.1) is 25.2 Å². The molecular formula is C17H21F2N5O3S. The molecule has 8 nitrogen and oxygen atoms in total. The summed E-state index contributed by atoms with van der Waals surface area (Å²) in [6.45, 7) is 2.40. The number of rotatable bonds is 6. The van der Waals surface area contributed by atoms with Crippen molar-refractivity contribution in [2.24, 2.45) is 0 Å². The Morgan fingerprint density at radius 2 is 1.96 bits per heavy atom. The van der Waals surface area contributed by atoms with Gasteiger partial charge in [0.2, 0.25) is 16.0 Å². The molecular weight excluding hydrogens is 392 g/mol. The molecule has 0 aliphatic carbocycles. The largest absolute Gasteiger partial charge is 0.378 e. The van der Waals surface area contributed by atoms with Crippen LogP contribution in [-0.2, 0) is 20.5 Å². The Hall–Kier alpha value is -2.53. The van der Waals surface area contributed by atoms with Crippen molar-refractivity contribution < 1.29 is 21.9 Å². The standard InChI is InChI=1S/C17H21F2N5O3S/c1-23(2)16-15(10-20-17(21-16)24-5-7-27-8-6-24)22-28(25,26)11-12-9-13(18)3-4-14(12)19/h3-4,9-10,22H,5-8,11H2,1-2H3. The second kappa shape index (κ2) is 8.23. The molecule has 1 N–H and O–H groups in total. The van der Waals surface area contributed by atoms with Crippen LogP contribution in [0.15, 0.2) is 24.4 Å². The maximum atomic E-state index is 13.8. The maximum Gasteiger partial charge on any atom is 0.237 e. The van der Waals surface area contributed by atoms with Gasteiger partial charge >= 0.3 is 0 Å². The number of ether oxygens (including phenoxy) is 1. The van der Waals surface area contributed by atoms with Gasteiger partial charge in [-0.25, -0.2) is 22.2 Å². The summed E-state index contributed by atoms with van der Waals surface area (Å²) in [5, 5.41) is 0. The van der Waals surface area contributed by atoms with Crippen molar-refractivity contribution in [2.45, 2.75) is 5.75 Å². The number of aromatic nitrogens is 2. The van der Waals surface area contributed by atoms with Crippen LogP contribution in [-0.4, -0.2) is 58.8 Å². The molecule has 0 bridgehead atoms. The lowest BCUT2D eigenvalue weighted by molar-refractivity contribution is 0.122. The molecule has 152 valence electrons. The molecule has 1 aliphatic heterocycles. The van der Waals surface area contributed by atoms with Crippen molar-refractivity contribution >= 4 is 27.5 Å². The number of sulfonamides is 1. The van der Waals surface area contributed by atoms with Crippen LogP contribution in [0, 0.1) is 11.6 Å². The summed E-state index contributed by atoms with van der Waals surface area (Å²) in [5.41, 5.74) is -0.108. The molecule has 0 saturated carbocycles. The minimum Gasteiger partial charge on any atom is -0.378 e. The third-order valence-corrected chi connectivity index (χ3v) is 5.31. The predicted molar refractivity (Wildman–Crippen MR) is 102 cm³/mol. The monoisotopic (exact) mass is 413 g/mol. The molecule has 1 aromatic carbocycles. The number of nitrogens with one attached hydrogen (secondary N) is 1. The minimum atomic E-state index is -4.02. The highest BCUT2D eigenvalue weighted by atomic mass is 32.2. The molecule has 1 aromatic heterocycles. The van der Waals surface area contributed by atoms with Crippen molar-refractivity contribution in [2.75, 3.05) is 54.9 Å². The summed E-state index contributed by atoms with van der Waals surface area (Å²) in [7, 11) is -0.582. The van der Waals surface area contributed by atoms with Crippen LogP contribution in [0.1, 0.15) is 5.56 Å². The summed E-state index contributed by atoms with van der Waals surface area (Å²) >= 11 is 0. The fourth-order valence-electron chi connectivity index (χ4n) is 2.75. The highest BCUT2D eigenvalue weighted by Crippen LogP contribution is 2.26. The Labute approximate surface area is 162 Å². The highest BCUT2D eigenvalue weighted by Gasteiger charge is 2.21. The number of benzene rings is 1. The summed E-state index contributed by atoms with van der Waals surface area (Å²) in [5.74, 6) is -1.39. The Bertz CT molecular complexity index is 950. The van der Waals surface area contributed by atoms with Crippen molar-refractivity contribution in [3.63, 3.8) is 0 Å². The second-order valence-corrected chi connectivity index (χ2v) is 8.22. The van der Waals surface area contributed by atoms with E-state index in [0.717, 1.165) is 18.2 Å². The first-order valence-corrected chi connectivity index (χ1v) is 10.2. The molecule has 11 heteroatoms. The summed E-state index contributed by atoms with van der Waals surface area (Å²) in [6, 6.07) is 2.69. The average molecular weight is 413 g/mol. The normalized spacial score (nSPS) is 14.8. The van der Waals surface area contributed by atoms with Gasteiger partial charge in [0.15, 0.2) is 5.82 Å². The summed E-state index contributed by atoms with van der Waals surface area (Å²) in [4.78, 5) is 12.3. The first kappa shape index (κ1) is 20.2. The molecule has 3 rings (SSSR count). The lowest BCUT2D eigenvalue weighted by Gasteiger charge is -2.28. The second-order valence-electron chi connectivity index (χ2n) is 6.50. The van der Waals surface area contributed by atoms with Gasteiger partial charge in [-0.2, -0.15) is 4.98 Å². The highest BCUT2D eigenvalue weighted by molar-refractivity contribution is 7.91. The molecule has 0 unspecified atom stereocenters. The lowest BCUT2D eigenvalue weighted by Crippen LogP contribution is -2.37. The van der Waals surface area contributed by atoms with Gasteiger partial charge in [-0.3, -0.25) is 4.72 Å². The fraction of sp³-hybridized carbons (Fsp3) is 0.412. The van der Waals surface area contributed by atoms with E-state index in [-0.39, 0.29) is 11.3 Å². The van der Waals surface area contributed by atoms with E-state index < -0.39 is 27.4 Å². The zero-order valence-corrected chi connectivity index (χ0v) is 16.3. The van der Waals surface area contributed by atoms with E-state index in [2.05, 4.69) is 14.7 Å². The van der Waals surface area contributed by atoms with E-state index in [1.165, 1.54) is 6.20 Å². The van der Waals surface area contributed by atoms with Crippen LogP contribution in [0.5, 0.6) is 0 Å². The molecule has 1 fully saturated rings. The van der Waals surface area contributed by atoms with Crippen molar-refractivity contribution in [1.82, 2.24) is 9.97 Å². The minimum absolute atomic E-state index is 0.152. The molecule has 0 spiro atoms. The molecule has 1 aliphatic rings. The van der Waals surface area contributed by atoms with Gasteiger partial charge in [0.25, 0.3) is 0 Å². The Balaban J connectivity index is 1.84. The van der Waals surface area contributed by atoms with E-state index in [0.29, 0.717) is 38.1 Å². The lowest BCUT2D eigenvalue weighted by atomic mass is 10.2. The maximum absolute atomic E-state index is 13.8. The number of hydrogen-bond donors (Lipinski definition) is 1. The Morgan fingerprint density at radius 1 is 1.25 bits per heavy atom. The fourth-order valence-corrected chi connectivity index (χ4v) is 3.94. The van der Waals surface area contributed by atoms with E-state index in [1.54, 1.807) is 19.0 Å². The molecule has 2 aromatic rings. The van der Waals surface area contributed by atoms with Gasteiger partial charge in [0.1, 0.15) is 17.3 Å². The van der Waals surface area contributed by atoms with Gasteiger partial charge in [-0.15, -0.1) is 0 Å². The smallest absolute Gasteiger partial charge is 0.237 e. The Kier molecular flexibility index (Phi) is 5.94. The predicted octanol–water partition coefficient (Wildman–Crippen LogP) is 1.60. The molecule has 2 heterocycles. The number of hydrogen-bond acceptors (Lipinski definition) is 7. The van der Waals surface area contributed by atoms with Gasteiger partial charge in [-0.1, -0.05) is 0 Å². The average Bonchev–Trinajstić information content (AvgIpc) is 2.65.